The predicted octanol–water partition coefficient (Wildman–Crippen LogP) is 6.02. The van der Waals surface area contributed by atoms with Crippen LogP contribution in [0, 0.1) is 13.8 Å². The van der Waals surface area contributed by atoms with Crippen molar-refractivity contribution in [3.8, 4) is 5.75 Å². The van der Waals surface area contributed by atoms with Crippen molar-refractivity contribution in [1.29, 1.82) is 0 Å². The molecule has 5 heteroatoms. The lowest BCUT2D eigenvalue weighted by Gasteiger charge is -2.13. The van der Waals surface area contributed by atoms with Gasteiger partial charge in [-0.15, -0.1) is 0 Å². The zero-order valence-corrected chi connectivity index (χ0v) is 18.7. The van der Waals surface area contributed by atoms with Crippen molar-refractivity contribution in [1.82, 2.24) is 9.55 Å². The Balaban J connectivity index is 1.39. The van der Waals surface area contributed by atoms with Gasteiger partial charge in [-0.1, -0.05) is 54.6 Å². The number of aryl methyl sites for hydroxylation is 1. The molecule has 0 atom stereocenters. The summed E-state index contributed by atoms with van der Waals surface area (Å²) >= 11 is 0. The van der Waals surface area contributed by atoms with Crippen LogP contribution in [0.25, 0.3) is 21.8 Å². The van der Waals surface area contributed by atoms with E-state index < -0.39 is 0 Å². The third-order valence-electron chi connectivity index (χ3n) is 6.00. The first-order valence-corrected chi connectivity index (χ1v) is 11.0. The highest BCUT2D eigenvalue weighted by atomic mass is 16.5. The Bertz CT molecular complexity index is 1470. The molecule has 0 saturated heterocycles. The first-order chi connectivity index (χ1) is 16.1. The zero-order chi connectivity index (χ0) is 22.8. The highest BCUT2D eigenvalue weighted by Crippen LogP contribution is 2.23. The Morgan fingerprint density at radius 2 is 1.70 bits per heavy atom. The summed E-state index contributed by atoms with van der Waals surface area (Å²) in [4.78, 5) is 17.7. The molecule has 0 bridgehead atoms. The molecule has 0 unspecified atom stereocenters. The molecule has 0 aliphatic rings. The zero-order valence-electron chi connectivity index (χ0n) is 18.7. The molecule has 0 radical (unpaired) electrons. The predicted molar refractivity (Wildman–Crippen MR) is 133 cm³/mol. The number of nitrogens with zero attached hydrogens (tertiary/aromatic N) is 2. The summed E-state index contributed by atoms with van der Waals surface area (Å²) in [6.07, 6.45) is 0. The molecular weight excluding hydrogens is 410 g/mol. The van der Waals surface area contributed by atoms with Gasteiger partial charge in [0.25, 0.3) is 0 Å². The van der Waals surface area contributed by atoms with Crippen molar-refractivity contribution in [3.63, 3.8) is 0 Å². The van der Waals surface area contributed by atoms with Crippen LogP contribution in [0.5, 0.6) is 5.75 Å². The number of rotatable bonds is 6. The van der Waals surface area contributed by atoms with Gasteiger partial charge in [0, 0.05) is 5.69 Å². The molecule has 33 heavy (non-hydrogen) atoms. The average molecular weight is 436 g/mol. The summed E-state index contributed by atoms with van der Waals surface area (Å²) in [5, 5.41) is 5.34. The molecule has 0 aliphatic heterocycles. The first-order valence-electron chi connectivity index (χ1n) is 11.0. The van der Waals surface area contributed by atoms with Crippen LogP contribution >= 0.6 is 0 Å². The number of hydrogen-bond donors (Lipinski definition) is 1. The lowest BCUT2D eigenvalue weighted by Crippen LogP contribution is -2.21. The number of carbonyl (C=O) groups excluding carboxylic acids is 1. The number of amides is 1. The van der Waals surface area contributed by atoms with Crippen LogP contribution < -0.4 is 10.1 Å². The largest absolute Gasteiger partial charge is 0.486 e. The van der Waals surface area contributed by atoms with E-state index in [4.69, 9.17) is 9.72 Å². The Morgan fingerprint density at radius 3 is 2.58 bits per heavy atom. The Labute approximate surface area is 192 Å². The second-order valence-corrected chi connectivity index (χ2v) is 8.20. The fraction of sp³-hybridized carbons (Fsp3) is 0.143. The van der Waals surface area contributed by atoms with Crippen molar-refractivity contribution >= 4 is 33.4 Å². The number of carbonyl (C=O) groups is 1. The number of benzene rings is 4. The van der Waals surface area contributed by atoms with E-state index in [1.54, 1.807) is 0 Å². The van der Waals surface area contributed by atoms with Gasteiger partial charge in [-0.2, -0.15) is 0 Å². The Morgan fingerprint density at radius 1 is 0.909 bits per heavy atom. The smallest absolute Gasteiger partial charge is 0.244 e. The van der Waals surface area contributed by atoms with E-state index in [0.717, 1.165) is 39.0 Å². The second kappa shape index (κ2) is 8.79. The maximum Gasteiger partial charge on any atom is 0.244 e. The van der Waals surface area contributed by atoms with Crippen LogP contribution in [0.4, 0.5) is 5.69 Å². The van der Waals surface area contributed by atoms with Gasteiger partial charge in [0.15, 0.2) is 0 Å². The molecule has 5 nitrogen and oxygen atoms in total. The fourth-order valence-corrected chi connectivity index (χ4v) is 4.04. The number of para-hydroxylation sites is 2. The minimum absolute atomic E-state index is 0.0983. The molecule has 4 aromatic carbocycles. The summed E-state index contributed by atoms with van der Waals surface area (Å²) in [7, 11) is 0. The van der Waals surface area contributed by atoms with Crippen molar-refractivity contribution in [2.75, 3.05) is 5.32 Å². The SMILES string of the molecule is Cc1cccc(NC(=O)Cn2c(COc3ccc4ccccc4c3)nc3ccccc32)c1C. The van der Waals surface area contributed by atoms with Gasteiger partial charge in [0.2, 0.25) is 5.91 Å². The van der Waals surface area contributed by atoms with E-state index in [9.17, 15) is 4.79 Å². The lowest BCUT2D eigenvalue weighted by molar-refractivity contribution is -0.116. The summed E-state index contributed by atoms with van der Waals surface area (Å²) in [5.41, 5.74) is 4.80. The summed E-state index contributed by atoms with van der Waals surface area (Å²) < 4.78 is 8.02. The Hall–Kier alpha value is -4.12. The maximum absolute atomic E-state index is 13.0. The van der Waals surface area contributed by atoms with Crippen molar-refractivity contribution < 1.29 is 9.53 Å². The molecule has 1 N–H and O–H groups in total. The van der Waals surface area contributed by atoms with Gasteiger partial charge in [-0.3, -0.25) is 4.79 Å². The van der Waals surface area contributed by atoms with Crippen molar-refractivity contribution in [3.05, 3.63) is 102 Å². The van der Waals surface area contributed by atoms with Gasteiger partial charge in [0.05, 0.1) is 11.0 Å². The van der Waals surface area contributed by atoms with Gasteiger partial charge >= 0.3 is 0 Å². The third-order valence-corrected chi connectivity index (χ3v) is 6.00. The van der Waals surface area contributed by atoms with E-state index in [1.807, 2.05) is 91.2 Å². The molecule has 0 spiro atoms. The number of aromatic nitrogens is 2. The third kappa shape index (κ3) is 4.30. The van der Waals surface area contributed by atoms with E-state index >= 15 is 0 Å². The molecule has 1 aromatic heterocycles. The average Bonchev–Trinajstić information content (AvgIpc) is 3.18. The summed E-state index contributed by atoms with van der Waals surface area (Å²) in [6, 6.07) is 28.0. The van der Waals surface area contributed by atoms with E-state index in [1.165, 1.54) is 5.39 Å². The Kier molecular flexibility index (Phi) is 5.53. The number of nitrogens with one attached hydrogen (secondary N) is 1. The molecule has 5 rings (SSSR count). The molecule has 0 fully saturated rings. The topological polar surface area (TPSA) is 56.2 Å². The number of hydrogen-bond acceptors (Lipinski definition) is 3. The van der Waals surface area contributed by atoms with Crippen LogP contribution in [0.2, 0.25) is 0 Å². The van der Waals surface area contributed by atoms with Crippen LogP contribution in [0.15, 0.2) is 84.9 Å². The molecule has 0 aliphatic carbocycles. The minimum Gasteiger partial charge on any atom is -0.486 e. The number of ether oxygens (including phenoxy) is 1. The molecule has 1 amide bonds. The number of imidazole rings is 1. The minimum atomic E-state index is -0.0983. The van der Waals surface area contributed by atoms with Crippen molar-refractivity contribution in [2.24, 2.45) is 0 Å². The fourth-order valence-electron chi connectivity index (χ4n) is 4.04. The monoisotopic (exact) mass is 435 g/mol. The molecule has 5 aromatic rings. The molecule has 164 valence electrons. The molecule has 0 saturated carbocycles. The quantitative estimate of drug-likeness (QED) is 0.355. The normalized spacial score (nSPS) is 11.1. The van der Waals surface area contributed by atoms with Crippen molar-refractivity contribution in [2.45, 2.75) is 27.0 Å². The molecule has 1 heterocycles. The molecular formula is C28H25N3O2. The summed E-state index contributed by atoms with van der Waals surface area (Å²) in [6.45, 7) is 4.48. The van der Waals surface area contributed by atoms with Gasteiger partial charge in [0.1, 0.15) is 24.7 Å². The van der Waals surface area contributed by atoms with Gasteiger partial charge in [-0.25, -0.2) is 4.98 Å². The lowest BCUT2D eigenvalue weighted by atomic mass is 10.1. The van der Waals surface area contributed by atoms with Gasteiger partial charge in [-0.05, 0) is 66.1 Å². The van der Waals surface area contributed by atoms with E-state index in [-0.39, 0.29) is 19.1 Å². The van der Waals surface area contributed by atoms with Crippen LogP contribution in [-0.2, 0) is 17.9 Å². The summed E-state index contributed by atoms with van der Waals surface area (Å²) in [5.74, 6) is 1.38. The highest BCUT2D eigenvalue weighted by Gasteiger charge is 2.15. The second-order valence-electron chi connectivity index (χ2n) is 8.20. The maximum atomic E-state index is 13.0. The van der Waals surface area contributed by atoms with Gasteiger partial charge < -0.3 is 14.6 Å². The van der Waals surface area contributed by atoms with Crippen LogP contribution in [0.3, 0.4) is 0 Å². The van der Waals surface area contributed by atoms with Crippen LogP contribution in [0.1, 0.15) is 17.0 Å². The first kappa shape index (κ1) is 20.8. The van der Waals surface area contributed by atoms with Crippen LogP contribution in [-0.4, -0.2) is 15.5 Å². The number of fused-ring (bicyclic) bond motifs is 2. The standard InChI is InChI=1S/C28H25N3O2/c1-19-8-7-12-24(20(19)2)30-28(32)17-31-26-13-6-5-11-25(26)29-27(31)18-33-23-15-14-21-9-3-4-10-22(21)16-23/h3-16H,17-18H2,1-2H3,(H,30,32). The van der Waals surface area contributed by atoms with E-state index in [0.29, 0.717) is 5.82 Å². The van der Waals surface area contributed by atoms with E-state index in [2.05, 4.69) is 17.4 Å². The number of anilines is 1. The highest BCUT2D eigenvalue weighted by molar-refractivity contribution is 5.92.